The average molecular weight is 662 g/mol. The summed E-state index contributed by atoms with van der Waals surface area (Å²) in [6.07, 6.45) is -5.86. The molecule has 4 aromatic rings. The molecule has 0 bridgehead atoms. The molecule has 0 spiro atoms. The Balaban J connectivity index is 1.76. The second kappa shape index (κ2) is 11.3. The van der Waals surface area contributed by atoms with Crippen molar-refractivity contribution < 1.29 is 34.4 Å². The highest BCUT2D eigenvalue weighted by molar-refractivity contribution is 9.10. The Hall–Kier alpha value is -4.37. The number of Topliss-reactive ketones (excluding diaryl/α,β-unsaturated/α-hetero) is 1. The molecule has 2 aliphatic rings. The van der Waals surface area contributed by atoms with Gasteiger partial charge in [-0.05, 0) is 40.2 Å². The molecule has 0 radical (unpaired) electrons. The van der Waals surface area contributed by atoms with Crippen LogP contribution in [0.5, 0.6) is 0 Å². The second-order valence-electron chi connectivity index (χ2n) is 10.3. The van der Waals surface area contributed by atoms with E-state index in [1.807, 2.05) is 0 Å². The molecule has 3 aromatic carbocycles. The van der Waals surface area contributed by atoms with Gasteiger partial charge in [0.2, 0.25) is 10.2 Å². The molecule has 2 unspecified atom stereocenters. The van der Waals surface area contributed by atoms with E-state index in [9.17, 15) is 29.7 Å². The summed E-state index contributed by atoms with van der Waals surface area (Å²) in [6, 6.07) is 23.3. The van der Waals surface area contributed by atoms with Crippen LogP contribution in [0, 0.1) is 0 Å². The molecule has 3 heterocycles. The van der Waals surface area contributed by atoms with Crippen molar-refractivity contribution in [3.8, 4) is 0 Å². The van der Waals surface area contributed by atoms with Crippen molar-refractivity contribution >= 4 is 39.3 Å². The molecule has 0 saturated carbocycles. The van der Waals surface area contributed by atoms with Crippen LogP contribution in [0.2, 0.25) is 0 Å². The molecule has 1 aromatic heterocycles. The highest BCUT2D eigenvalue weighted by atomic mass is 79.9. The first-order chi connectivity index (χ1) is 21.2. The summed E-state index contributed by atoms with van der Waals surface area (Å²) in [5.74, 6) is -3.02. The maximum Gasteiger partial charge on any atom is 0.379 e. The molecule has 44 heavy (non-hydrogen) atoms. The molecule has 4 N–H and O–H groups in total. The zero-order valence-electron chi connectivity index (χ0n) is 22.9. The van der Waals surface area contributed by atoms with Gasteiger partial charge in [0, 0.05) is 11.1 Å². The third kappa shape index (κ3) is 4.20. The lowest BCUT2D eigenvalue weighted by Gasteiger charge is -2.44. The Bertz CT molecular complexity index is 1790. The van der Waals surface area contributed by atoms with Crippen molar-refractivity contribution in [3.63, 3.8) is 0 Å². The molecule has 0 aliphatic carbocycles. The third-order valence-corrected chi connectivity index (χ3v) is 8.95. The lowest BCUT2D eigenvalue weighted by atomic mass is 9.98. The summed E-state index contributed by atoms with van der Waals surface area (Å²) in [4.78, 5) is 65.0. The van der Waals surface area contributed by atoms with Crippen molar-refractivity contribution in [2.75, 3.05) is 6.61 Å². The summed E-state index contributed by atoms with van der Waals surface area (Å²) < 4.78 is 2.12. The molecular formula is C31H26BrN4O8+. The number of rotatable bonds is 6. The predicted molar refractivity (Wildman–Crippen MR) is 159 cm³/mol. The van der Waals surface area contributed by atoms with Crippen molar-refractivity contribution in [2.24, 2.45) is 0 Å². The summed E-state index contributed by atoms with van der Waals surface area (Å²) in [5, 5.41) is 33.2. The highest BCUT2D eigenvalue weighted by Gasteiger charge is 2.76. The Kier molecular flexibility index (Phi) is 7.61. The smallest absolute Gasteiger partial charge is 0.379 e. The largest absolute Gasteiger partial charge is 0.394 e. The van der Waals surface area contributed by atoms with Gasteiger partial charge in [-0.1, -0.05) is 71.3 Å². The summed E-state index contributed by atoms with van der Waals surface area (Å²) in [5.41, 5.74) is -1.14. The maximum absolute atomic E-state index is 15.0. The van der Waals surface area contributed by atoms with Crippen molar-refractivity contribution in [1.82, 2.24) is 19.6 Å². The zero-order valence-corrected chi connectivity index (χ0v) is 24.4. The van der Waals surface area contributed by atoms with Crippen LogP contribution in [0.25, 0.3) is 0 Å². The van der Waals surface area contributed by atoms with E-state index in [4.69, 9.17) is 4.74 Å². The standard InChI is InChI=1S/C31H25BrN4O8/c32-31(25(40)18-10-4-1-5-11-18)22-26(33-17-34-27(22)41)36(29(43)20-14-8-3-9-15-20,30-24(39)23(38)21(16-37)44-30)35(31)28(42)19-12-6-2-7-13-19/h1-15,17,21,23-24,30,37-39H,16H2/p+1/t21-,23-,24-,30-,31?,36?/m1/s1. The lowest BCUT2D eigenvalue weighted by Crippen LogP contribution is -2.75. The normalized spacial score (nSPS) is 27.6. The molecule has 13 heteroatoms. The number of halogens is 1. The van der Waals surface area contributed by atoms with E-state index in [0.29, 0.717) is 0 Å². The molecule has 6 rings (SSSR count). The fourth-order valence-electron chi connectivity index (χ4n) is 5.85. The number of carbonyl (C=O) groups excluding carboxylic acids is 3. The first-order valence-corrected chi connectivity index (χ1v) is 14.4. The number of hydrogen-bond donors (Lipinski definition) is 4. The zero-order chi connectivity index (χ0) is 31.2. The van der Waals surface area contributed by atoms with Crippen molar-refractivity contribution in [2.45, 2.75) is 29.0 Å². The van der Waals surface area contributed by atoms with Gasteiger partial charge < -0.3 is 25.0 Å². The molecule has 1 fully saturated rings. The third-order valence-electron chi connectivity index (χ3n) is 7.86. The summed E-state index contributed by atoms with van der Waals surface area (Å²) in [7, 11) is 0. The van der Waals surface area contributed by atoms with Crippen LogP contribution >= 0.6 is 15.9 Å². The van der Waals surface area contributed by atoms with E-state index >= 15 is 4.79 Å². The minimum absolute atomic E-state index is 0.00745. The van der Waals surface area contributed by atoms with Gasteiger partial charge in [0.05, 0.1) is 12.2 Å². The van der Waals surface area contributed by atoms with Crippen LogP contribution in [0.15, 0.2) is 102 Å². The number of hydrogen-bond acceptors (Lipinski definition) is 9. The van der Waals surface area contributed by atoms with Crippen LogP contribution in [-0.2, 0) is 9.19 Å². The minimum atomic E-state index is -2.39. The minimum Gasteiger partial charge on any atom is -0.394 e. The SMILES string of the molecule is O=C(c1ccccc1)N1C(Br)(C(=O)c2ccccc2)c2c(nc[nH]c2=O)[N+]1(C(=O)c1ccccc1)[C@@H]1O[C@H](CO)[C@@H](O)[C@H]1O. The number of carbonyl (C=O) groups is 3. The van der Waals surface area contributed by atoms with Crippen molar-refractivity contribution in [1.29, 1.82) is 0 Å². The quantitative estimate of drug-likeness (QED) is 0.104. The number of H-pyrrole nitrogens is 1. The number of aromatic nitrogens is 2. The van der Waals surface area contributed by atoms with Gasteiger partial charge in [0.25, 0.3) is 17.6 Å². The number of aliphatic hydroxyl groups excluding tert-OH is 3. The van der Waals surface area contributed by atoms with E-state index in [-0.39, 0.29) is 16.7 Å². The molecule has 2 aliphatic heterocycles. The number of alkyl halides is 1. The van der Waals surface area contributed by atoms with E-state index in [1.165, 1.54) is 36.4 Å². The Labute approximate surface area is 258 Å². The second-order valence-corrected chi connectivity index (χ2v) is 11.5. The van der Waals surface area contributed by atoms with Gasteiger partial charge in [-0.2, -0.15) is 4.98 Å². The van der Waals surface area contributed by atoms with Crippen LogP contribution in [-0.4, -0.2) is 79.0 Å². The number of nitrogens with one attached hydrogen (secondary N) is 1. The van der Waals surface area contributed by atoms with Crippen LogP contribution in [0.4, 0.5) is 5.82 Å². The Morgan fingerprint density at radius 1 is 0.886 bits per heavy atom. The molecular weight excluding hydrogens is 636 g/mol. The number of amides is 2. The number of nitrogens with zero attached hydrogens (tertiary/aromatic N) is 3. The predicted octanol–water partition coefficient (Wildman–Crippen LogP) is 1.86. The van der Waals surface area contributed by atoms with Crippen LogP contribution < -0.4 is 10.2 Å². The molecule has 2 amide bonds. The fourth-order valence-corrected chi connectivity index (χ4v) is 6.84. The lowest BCUT2D eigenvalue weighted by molar-refractivity contribution is -0.140. The van der Waals surface area contributed by atoms with Crippen LogP contribution in [0.1, 0.15) is 36.6 Å². The number of aliphatic hydroxyl groups is 3. The number of ketones is 1. The maximum atomic E-state index is 15.0. The number of quaternary nitrogens is 1. The number of aromatic amines is 1. The number of fused-ring (bicyclic) bond motifs is 1. The van der Waals surface area contributed by atoms with E-state index in [0.717, 1.165) is 11.3 Å². The van der Waals surface area contributed by atoms with E-state index in [1.54, 1.807) is 54.6 Å². The Morgan fingerprint density at radius 2 is 1.43 bits per heavy atom. The van der Waals surface area contributed by atoms with E-state index < -0.39 is 74.7 Å². The first kappa shape index (κ1) is 29.7. The number of benzene rings is 3. The van der Waals surface area contributed by atoms with Gasteiger partial charge in [-0.25, -0.2) is 4.79 Å². The highest BCUT2D eigenvalue weighted by Crippen LogP contribution is 2.55. The van der Waals surface area contributed by atoms with Gasteiger partial charge in [-0.15, -0.1) is 5.01 Å². The number of ether oxygens (including phenoxy) is 1. The van der Waals surface area contributed by atoms with Crippen LogP contribution in [0.3, 0.4) is 0 Å². The van der Waals surface area contributed by atoms with Gasteiger partial charge >= 0.3 is 11.8 Å². The van der Waals surface area contributed by atoms with Gasteiger partial charge in [0.1, 0.15) is 18.5 Å². The Morgan fingerprint density at radius 3 is 1.98 bits per heavy atom. The van der Waals surface area contributed by atoms with Gasteiger partial charge in [-0.3, -0.25) is 14.4 Å². The van der Waals surface area contributed by atoms with Crippen molar-refractivity contribution in [3.05, 3.63) is 130 Å². The summed E-state index contributed by atoms with van der Waals surface area (Å²) >= 11 is 3.47. The average Bonchev–Trinajstić information content (AvgIpc) is 3.49. The molecule has 6 atom stereocenters. The molecule has 224 valence electrons. The fraction of sp³-hybridized carbons (Fsp3) is 0.194. The monoisotopic (exact) mass is 661 g/mol. The summed E-state index contributed by atoms with van der Waals surface area (Å²) in [6.45, 7) is -0.751. The molecule has 1 saturated heterocycles. The topological polar surface area (TPSA) is 170 Å². The van der Waals surface area contributed by atoms with Gasteiger partial charge in [0.15, 0.2) is 11.7 Å². The molecule has 12 nitrogen and oxygen atoms in total. The first-order valence-electron chi connectivity index (χ1n) is 13.6. The van der Waals surface area contributed by atoms with E-state index in [2.05, 4.69) is 25.9 Å².